The predicted octanol–water partition coefficient (Wildman–Crippen LogP) is 3.12. The maximum Gasteiger partial charge on any atom is 0.416 e. The zero-order valence-corrected chi connectivity index (χ0v) is 15.8. The maximum atomic E-state index is 12.9. The highest BCUT2D eigenvalue weighted by Crippen LogP contribution is 2.31. The second kappa shape index (κ2) is 7.88. The molecule has 3 heterocycles. The quantitative estimate of drug-likeness (QED) is 0.649. The van der Waals surface area contributed by atoms with Gasteiger partial charge >= 0.3 is 6.18 Å². The molecule has 0 saturated carbocycles. The van der Waals surface area contributed by atoms with Gasteiger partial charge in [0.25, 0.3) is 0 Å². The molecule has 1 aliphatic heterocycles. The minimum atomic E-state index is -4.32. The van der Waals surface area contributed by atoms with Crippen LogP contribution in [0.5, 0.6) is 0 Å². The topological polar surface area (TPSA) is 50.1 Å². The molecule has 0 atom stereocenters. The molecule has 0 radical (unpaired) electrons. The summed E-state index contributed by atoms with van der Waals surface area (Å²) in [5, 5.41) is 14.0. The molecule has 10 heteroatoms. The number of alkyl halides is 3. The normalized spacial score (nSPS) is 15.9. The third-order valence-electron chi connectivity index (χ3n) is 4.77. The van der Waals surface area contributed by atoms with Gasteiger partial charge in [0, 0.05) is 36.7 Å². The van der Waals surface area contributed by atoms with Crippen molar-refractivity contribution in [2.75, 3.05) is 31.1 Å². The third kappa shape index (κ3) is 4.33. The van der Waals surface area contributed by atoms with Crippen molar-refractivity contribution in [1.82, 2.24) is 25.1 Å². The van der Waals surface area contributed by atoms with E-state index in [1.165, 1.54) is 17.0 Å². The summed E-state index contributed by atoms with van der Waals surface area (Å²) in [4.78, 5) is 5.39. The maximum absolute atomic E-state index is 12.9. The van der Waals surface area contributed by atoms with Crippen molar-refractivity contribution in [2.45, 2.75) is 19.3 Å². The van der Waals surface area contributed by atoms with E-state index in [0.29, 0.717) is 31.9 Å². The molecule has 1 saturated heterocycles. The van der Waals surface area contributed by atoms with Crippen LogP contribution in [0, 0.1) is 0 Å². The fraction of sp³-hybridized carbons (Fsp3) is 0.389. The number of rotatable bonds is 5. The number of aromatic nitrogens is 4. The molecule has 0 aliphatic carbocycles. The number of halogens is 3. The number of hydrogen-bond acceptors (Lipinski definition) is 6. The highest BCUT2D eigenvalue weighted by molar-refractivity contribution is 7.09. The zero-order chi connectivity index (χ0) is 19.6. The first-order valence-electron chi connectivity index (χ1n) is 8.91. The largest absolute Gasteiger partial charge is 0.416 e. The van der Waals surface area contributed by atoms with Crippen LogP contribution in [0.2, 0.25) is 0 Å². The number of tetrazole rings is 1. The summed E-state index contributed by atoms with van der Waals surface area (Å²) >= 11 is 1.66. The minimum absolute atomic E-state index is 0.608. The number of thiophene rings is 1. The van der Waals surface area contributed by atoms with Gasteiger partial charge in [-0.25, -0.2) is 4.68 Å². The SMILES string of the molecule is FC(F)(F)c1cccc(N2CCN(Cc3nnnn3Cc3cccs3)CC2)c1. The van der Waals surface area contributed by atoms with Crippen LogP contribution >= 0.6 is 11.3 Å². The number of benzene rings is 1. The van der Waals surface area contributed by atoms with Crippen molar-refractivity contribution in [1.29, 1.82) is 0 Å². The van der Waals surface area contributed by atoms with Crippen LogP contribution in [0.1, 0.15) is 16.3 Å². The first-order valence-corrected chi connectivity index (χ1v) is 9.79. The van der Waals surface area contributed by atoms with Gasteiger partial charge in [-0.2, -0.15) is 13.2 Å². The Morgan fingerprint density at radius 1 is 1.00 bits per heavy atom. The lowest BCUT2D eigenvalue weighted by molar-refractivity contribution is -0.137. The van der Waals surface area contributed by atoms with Gasteiger partial charge in [-0.1, -0.05) is 12.1 Å². The van der Waals surface area contributed by atoms with E-state index in [2.05, 4.69) is 20.4 Å². The molecule has 0 spiro atoms. The summed E-state index contributed by atoms with van der Waals surface area (Å²) in [6.45, 7) is 4.06. The Kier molecular flexibility index (Phi) is 5.31. The molecule has 148 valence electrons. The summed E-state index contributed by atoms with van der Waals surface area (Å²) in [6, 6.07) is 9.56. The average molecular weight is 408 g/mol. The van der Waals surface area contributed by atoms with E-state index in [0.717, 1.165) is 25.0 Å². The molecule has 1 aliphatic rings. The molecule has 0 amide bonds. The van der Waals surface area contributed by atoms with E-state index in [9.17, 15) is 13.2 Å². The van der Waals surface area contributed by atoms with E-state index >= 15 is 0 Å². The van der Waals surface area contributed by atoms with Gasteiger partial charge in [-0.3, -0.25) is 4.90 Å². The summed E-state index contributed by atoms with van der Waals surface area (Å²) < 4.78 is 40.6. The lowest BCUT2D eigenvalue weighted by atomic mass is 10.1. The van der Waals surface area contributed by atoms with Crippen molar-refractivity contribution in [3.8, 4) is 0 Å². The van der Waals surface area contributed by atoms with E-state index in [-0.39, 0.29) is 0 Å². The fourth-order valence-corrected chi connectivity index (χ4v) is 3.94. The highest BCUT2D eigenvalue weighted by atomic mass is 32.1. The van der Waals surface area contributed by atoms with Gasteiger partial charge in [-0.15, -0.1) is 16.4 Å². The van der Waals surface area contributed by atoms with Crippen LogP contribution in [-0.4, -0.2) is 51.3 Å². The first kappa shape index (κ1) is 18.9. The molecule has 4 rings (SSSR count). The average Bonchev–Trinajstić information content (AvgIpc) is 3.35. The highest BCUT2D eigenvalue weighted by Gasteiger charge is 2.31. The van der Waals surface area contributed by atoms with Crippen molar-refractivity contribution in [3.63, 3.8) is 0 Å². The Morgan fingerprint density at radius 2 is 1.82 bits per heavy atom. The molecule has 0 bridgehead atoms. The van der Waals surface area contributed by atoms with Crippen molar-refractivity contribution in [3.05, 3.63) is 58.0 Å². The van der Waals surface area contributed by atoms with Gasteiger partial charge in [0.2, 0.25) is 0 Å². The second-order valence-electron chi connectivity index (χ2n) is 6.64. The van der Waals surface area contributed by atoms with E-state index in [1.54, 1.807) is 22.1 Å². The molecular formula is C18H19F3N6S. The molecule has 1 aromatic carbocycles. The first-order chi connectivity index (χ1) is 13.5. The van der Waals surface area contributed by atoms with Crippen molar-refractivity contribution < 1.29 is 13.2 Å². The summed E-state index contributed by atoms with van der Waals surface area (Å²) in [7, 11) is 0. The van der Waals surface area contributed by atoms with Crippen LogP contribution in [0.3, 0.4) is 0 Å². The Labute approximate surface area is 164 Å². The smallest absolute Gasteiger partial charge is 0.369 e. The van der Waals surface area contributed by atoms with Crippen LogP contribution < -0.4 is 4.90 Å². The van der Waals surface area contributed by atoms with Crippen LogP contribution in [-0.2, 0) is 19.3 Å². The predicted molar refractivity (Wildman–Crippen MR) is 100 cm³/mol. The molecule has 28 heavy (non-hydrogen) atoms. The Morgan fingerprint density at radius 3 is 2.54 bits per heavy atom. The van der Waals surface area contributed by atoms with E-state index in [4.69, 9.17) is 0 Å². The van der Waals surface area contributed by atoms with Crippen LogP contribution in [0.25, 0.3) is 0 Å². The molecule has 1 fully saturated rings. The Balaban J connectivity index is 1.36. The van der Waals surface area contributed by atoms with Crippen molar-refractivity contribution >= 4 is 17.0 Å². The summed E-state index contributed by atoms with van der Waals surface area (Å²) in [5.74, 6) is 0.793. The summed E-state index contributed by atoms with van der Waals surface area (Å²) in [6.07, 6.45) is -4.32. The number of anilines is 1. The van der Waals surface area contributed by atoms with Crippen LogP contribution in [0.15, 0.2) is 41.8 Å². The molecule has 0 unspecified atom stereocenters. The molecule has 2 aromatic heterocycles. The van der Waals surface area contributed by atoms with Gasteiger partial charge in [0.05, 0.1) is 18.7 Å². The molecule has 6 nitrogen and oxygen atoms in total. The number of nitrogens with zero attached hydrogens (tertiary/aromatic N) is 6. The zero-order valence-electron chi connectivity index (χ0n) is 15.0. The van der Waals surface area contributed by atoms with Gasteiger partial charge in [0.15, 0.2) is 5.82 Å². The number of hydrogen-bond donors (Lipinski definition) is 0. The lowest BCUT2D eigenvalue weighted by Crippen LogP contribution is -2.46. The van der Waals surface area contributed by atoms with Gasteiger partial charge in [0.1, 0.15) is 0 Å². The lowest BCUT2D eigenvalue weighted by Gasteiger charge is -2.36. The Bertz CT molecular complexity index is 900. The molecule has 3 aromatic rings. The van der Waals surface area contributed by atoms with Crippen LogP contribution in [0.4, 0.5) is 18.9 Å². The van der Waals surface area contributed by atoms with E-state index < -0.39 is 11.7 Å². The minimum Gasteiger partial charge on any atom is -0.369 e. The molecule has 0 N–H and O–H groups in total. The number of piperazine rings is 1. The monoisotopic (exact) mass is 408 g/mol. The Hall–Kier alpha value is -2.46. The van der Waals surface area contributed by atoms with Gasteiger partial charge in [-0.05, 0) is 40.1 Å². The van der Waals surface area contributed by atoms with Gasteiger partial charge < -0.3 is 4.90 Å². The second-order valence-corrected chi connectivity index (χ2v) is 7.68. The fourth-order valence-electron chi connectivity index (χ4n) is 3.25. The standard InChI is InChI=1S/C18H19F3N6S/c19-18(20,21)14-3-1-4-15(11-14)26-8-6-25(7-9-26)13-17-22-23-24-27(17)12-16-5-2-10-28-16/h1-5,10-11H,6-9,12-13H2. The third-order valence-corrected chi connectivity index (χ3v) is 5.63. The van der Waals surface area contributed by atoms with Crippen molar-refractivity contribution in [2.24, 2.45) is 0 Å². The molecular weight excluding hydrogens is 389 g/mol. The van der Waals surface area contributed by atoms with E-state index in [1.807, 2.05) is 22.4 Å². The summed E-state index contributed by atoms with van der Waals surface area (Å²) in [5.41, 5.74) is -0.00260.